The summed E-state index contributed by atoms with van der Waals surface area (Å²) < 4.78 is 2.16. The van der Waals surface area contributed by atoms with Crippen molar-refractivity contribution >= 4 is 17.0 Å². The predicted molar refractivity (Wildman–Crippen MR) is 79.1 cm³/mol. The van der Waals surface area contributed by atoms with Crippen LogP contribution in [0.15, 0.2) is 35.6 Å². The average Bonchev–Trinajstić information content (AvgIpc) is 2.85. The van der Waals surface area contributed by atoms with E-state index < -0.39 is 0 Å². The molecule has 0 unspecified atom stereocenters. The van der Waals surface area contributed by atoms with Crippen LogP contribution in [0.4, 0.5) is 0 Å². The lowest BCUT2D eigenvalue weighted by Gasteiger charge is -2.06. The summed E-state index contributed by atoms with van der Waals surface area (Å²) in [5.41, 5.74) is 7.95. The fourth-order valence-corrected chi connectivity index (χ4v) is 1.94. The number of imidazole rings is 1. The zero-order valence-corrected chi connectivity index (χ0v) is 11.3. The SMILES string of the molecule is CCCN=C(N)NCCCn1cnc2ccccc21. The normalized spacial score (nSPS) is 11.9. The highest BCUT2D eigenvalue weighted by atomic mass is 15.1. The van der Waals surface area contributed by atoms with E-state index in [4.69, 9.17) is 5.73 Å². The van der Waals surface area contributed by atoms with Crippen LogP contribution >= 0.6 is 0 Å². The topological polar surface area (TPSA) is 68.2 Å². The molecule has 0 saturated carbocycles. The molecule has 0 saturated heterocycles. The van der Waals surface area contributed by atoms with Crippen molar-refractivity contribution in [2.45, 2.75) is 26.3 Å². The fourth-order valence-electron chi connectivity index (χ4n) is 1.94. The molecule has 19 heavy (non-hydrogen) atoms. The maximum Gasteiger partial charge on any atom is 0.188 e. The van der Waals surface area contributed by atoms with Gasteiger partial charge in [0.25, 0.3) is 0 Å². The summed E-state index contributed by atoms with van der Waals surface area (Å²) in [6, 6.07) is 8.16. The summed E-state index contributed by atoms with van der Waals surface area (Å²) in [4.78, 5) is 8.56. The second kappa shape index (κ2) is 6.78. The zero-order chi connectivity index (χ0) is 13.5. The molecule has 3 N–H and O–H groups in total. The van der Waals surface area contributed by atoms with Gasteiger partial charge < -0.3 is 15.6 Å². The van der Waals surface area contributed by atoms with Gasteiger partial charge in [-0.3, -0.25) is 4.99 Å². The number of aliphatic imine (C=N–C) groups is 1. The minimum atomic E-state index is 0.539. The number of nitrogens with two attached hydrogens (primary N) is 1. The third-order valence-electron chi connectivity index (χ3n) is 2.92. The molecule has 102 valence electrons. The molecule has 1 aromatic carbocycles. The molecule has 0 atom stereocenters. The minimum Gasteiger partial charge on any atom is -0.370 e. The van der Waals surface area contributed by atoms with Crippen LogP contribution in [0.25, 0.3) is 11.0 Å². The lowest BCUT2D eigenvalue weighted by molar-refractivity contribution is 0.642. The Bertz CT molecular complexity index is 544. The zero-order valence-electron chi connectivity index (χ0n) is 11.3. The van der Waals surface area contributed by atoms with Gasteiger partial charge in [-0.25, -0.2) is 4.98 Å². The Kier molecular flexibility index (Phi) is 4.78. The van der Waals surface area contributed by atoms with Crippen LogP contribution in [0.3, 0.4) is 0 Å². The number of hydrogen-bond acceptors (Lipinski definition) is 2. The first kappa shape index (κ1) is 13.4. The first-order valence-electron chi connectivity index (χ1n) is 6.75. The Morgan fingerprint density at radius 3 is 3.11 bits per heavy atom. The van der Waals surface area contributed by atoms with Crippen molar-refractivity contribution in [3.05, 3.63) is 30.6 Å². The molecule has 0 spiro atoms. The Balaban J connectivity index is 1.80. The maximum absolute atomic E-state index is 5.73. The number of hydrogen-bond donors (Lipinski definition) is 2. The van der Waals surface area contributed by atoms with Crippen LogP contribution in [0.2, 0.25) is 0 Å². The number of fused-ring (bicyclic) bond motifs is 1. The van der Waals surface area contributed by atoms with Gasteiger partial charge in [-0.15, -0.1) is 0 Å². The van der Waals surface area contributed by atoms with Crippen LogP contribution < -0.4 is 11.1 Å². The fraction of sp³-hybridized carbons (Fsp3) is 0.429. The summed E-state index contributed by atoms with van der Waals surface area (Å²) >= 11 is 0. The van der Waals surface area contributed by atoms with Crippen molar-refractivity contribution in [2.75, 3.05) is 13.1 Å². The van der Waals surface area contributed by atoms with E-state index in [-0.39, 0.29) is 0 Å². The highest BCUT2D eigenvalue weighted by Gasteiger charge is 2.00. The van der Waals surface area contributed by atoms with E-state index in [1.807, 2.05) is 24.5 Å². The monoisotopic (exact) mass is 259 g/mol. The number of rotatable bonds is 6. The lowest BCUT2D eigenvalue weighted by atomic mass is 10.3. The number of aryl methyl sites for hydroxylation is 1. The van der Waals surface area contributed by atoms with Gasteiger partial charge in [0.05, 0.1) is 17.4 Å². The molecule has 1 aromatic heterocycles. The van der Waals surface area contributed by atoms with Crippen LogP contribution in [0.1, 0.15) is 19.8 Å². The number of benzene rings is 1. The molecule has 0 aliphatic heterocycles. The Morgan fingerprint density at radius 2 is 2.26 bits per heavy atom. The van der Waals surface area contributed by atoms with E-state index in [0.717, 1.165) is 38.0 Å². The Labute approximate surface area is 113 Å². The third-order valence-corrected chi connectivity index (χ3v) is 2.92. The van der Waals surface area contributed by atoms with Crippen molar-refractivity contribution in [2.24, 2.45) is 10.7 Å². The van der Waals surface area contributed by atoms with E-state index in [1.54, 1.807) is 0 Å². The number of nitrogens with zero attached hydrogens (tertiary/aromatic N) is 3. The predicted octanol–water partition coefficient (Wildman–Crippen LogP) is 1.74. The molecule has 0 aliphatic rings. The summed E-state index contributed by atoms with van der Waals surface area (Å²) in [6.07, 6.45) is 3.89. The number of guanidine groups is 1. The van der Waals surface area contributed by atoms with Crippen LogP contribution in [0, 0.1) is 0 Å². The minimum absolute atomic E-state index is 0.539. The van der Waals surface area contributed by atoms with Gasteiger partial charge in [-0.1, -0.05) is 19.1 Å². The molecule has 0 fully saturated rings. The summed E-state index contributed by atoms with van der Waals surface area (Å²) in [5.74, 6) is 0.539. The van der Waals surface area contributed by atoms with E-state index >= 15 is 0 Å². The van der Waals surface area contributed by atoms with E-state index in [1.165, 1.54) is 5.52 Å². The molecular formula is C14H21N5. The van der Waals surface area contributed by atoms with Crippen LogP contribution in [-0.2, 0) is 6.54 Å². The van der Waals surface area contributed by atoms with Gasteiger partial charge in [0, 0.05) is 19.6 Å². The third kappa shape index (κ3) is 3.71. The Hall–Kier alpha value is -2.04. The molecule has 2 aromatic rings. The van der Waals surface area contributed by atoms with E-state index in [0.29, 0.717) is 5.96 Å². The molecule has 0 aliphatic carbocycles. The van der Waals surface area contributed by atoms with Crippen LogP contribution in [0.5, 0.6) is 0 Å². The summed E-state index contributed by atoms with van der Waals surface area (Å²) in [5, 5.41) is 3.12. The molecule has 0 amide bonds. The van der Waals surface area contributed by atoms with Crippen molar-refractivity contribution in [3.63, 3.8) is 0 Å². The number of para-hydroxylation sites is 2. The molecule has 2 rings (SSSR count). The van der Waals surface area contributed by atoms with Crippen molar-refractivity contribution < 1.29 is 0 Å². The van der Waals surface area contributed by atoms with E-state index in [9.17, 15) is 0 Å². The van der Waals surface area contributed by atoms with Gasteiger partial charge in [0.2, 0.25) is 0 Å². The average molecular weight is 259 g/mol. The largest absolute Gasteiger partial charge is 0.370 e. The van der Waals surface area contributed by atoms with Gasteiger partial charge in [-0.05, 0) is 25.0 Å². The highest BCUT2D eigenvalue weighted by molar-refractivity contribution is 5.77. The van der Waals surface area contributed by atoms with Gasteiger partial charge in [0.15, 0.2) is 5.96 Å². The number of nitrogens with one attached hydrogen (secondary N) is 1. The molecule has 0 bridgehead atoms. The van der Waals surface area contributed by atoms with Crippen molar-refractivity contribution in [3.8, 4) is 0 Å². The quantitative estimate of drug-likeness (QED) is 0.472. The second-order valence-electron chi connectivity index (χ2n) is 4.47. The number of aromatic nitrogens is 2. The molecule has 5 nitrogen and oxygen atoms in total. The summed E-state index contributed by atoms with van der Waals surface area (Å²) in [6.45, 7) is 4.62. The smallest absolute Gasteiger partial charge is 0.188 e. The molecule has 0 radical (unpaired) electrons. The van der Waals surface area contributed by atoms with Gasteiger partial charge in [0.1, 0.15) is 0 Å². The summed E-state index contributed by atoms with van der Waals surface area (Å²) in [7, 11) is 0. The maximum atomic E-state index is 5.73. The second-order valence-corrected chi connectivity index (χ2v) is 4.47. The molecule has 1 heterocycles. The Morgan fingerprint density at radius 1 is 1.42 bits per heavy atom. The highest BCUT2D eigenvalue weighted by Crippen LogP contribution is 2.11. The standard InChI is InChI=1S/C14H21N5/c1-2-8-16-14(15)17-9-5-10-19-11-18-12-6-3-4-7-13(12)19/h3-4,6-7,11H,2,5,8-10H2,1H3,(H3,15,16,17). The van der Waals surface area contributed by atoms with Crippen molar-refractivity contribution in [1.29, 1.82) is 0 Å². The van der Waals surface area contributed by atoms with Gasteiger partial charge >= 0.3 is 0 Å². The first-order chi connectivity index (χ1) is 9.31. The van der Waals surface area contributed by atoms with Crippen molar-refractivity contribution in [1.82, 2.24) is 14.9 Å². The lowest BCUT2D eigenvalue weighted by Crippen LogP contribution is -2.32. The van der Waals surface area contributed by atoms with Gasteiger partial charge in [-0.2, -0.15) is 0 Å². The van der Waals surface area contributed by atoms with E-state index in [2.05, 4.69) is 32.9 Å². The first-order valence-corrected chi connectivity index (χ1v) is 6.75. The van der Waals surface area contributed by atoms with Crippen LogP contribution in [-0.4, -0.2) is 28.6 Å². The molecule has 5 heteroatoms. The molecular weight excluding hydrogens is 238 g/mol.